The van der Waals surface area contributed by atoms with E-state index in [4.69, 9.17) is 5.73 Å². The number of carbonyl (C=O) groups excluding carboxylic acids is 1. The number of amides is 1. The summed E-state index contributed by atoms with van der Waals surface area (Å²) in [6, 6.07) is 11.4. The van der Waals surface area contributed by atoms with Crippen molar-refractivity contribution in [2.45, 2.75) is 20.8 Å². The van der Waals surface area contributed by atoms with Crippen molar-refractivity contribution >= 4 is 23.0 Å². The molecule has 0 atom stereocenters. The molecule has 0 radical (unpaired) electrons. The van der Waals surface area contributed by atoms with Crippen LogP contribution in [-0.2, 0) is 0 Å². The summed E-state index contributed by atoms with van der Waals surface area (Å²) in [5.74, 6) is -0.109. The number of carbonyl (C=O) groups is 1. The van der Waals surface area contributed by atoms with Crippen molar-refractivity contribution in [1.29, 1.82) is 0 Å². The van der Waals surface area contributed by atoms with Crippen LogP contribution in [0, 0.1) is 13.8 Å². The van der Waals surface area contributed by atoms with Gasteiger partial charge in [0.25, 0.3) is 5.91 Å². The van der Waals surface area contributed by atoms with Crippen LogP contribution >= 0.6 is 0 Å². The molecular weight excluding hydrogens is 262 g/mol. The fourth-order valence-electron chi connectivity index (χ4n) is 2.06. The average molecular weight is 283 g/mol. The lowest BCUT2D eigenvalue weighted by Gasteiger charge is -2.12. The number of nitrogens with one attached hydrogen (secondary N) is 2. The van der Waals surface area contributed by atoms with Crippen LogP contribution in [0.5, 0.6) is 0 Å². The Morgan fingerprint density at radius 1 is 1.10 bits per heavy atom. The van der Waals surface area contributed by atoms with Crippen LogP contribution < -0.4 is 16.4 Å². The van der Waals surface area contributed by atoms with Crippen molar-refractivity contribution in [2.75, 3.05) is 17.6 Å². The van der Waals surface area contributed by atoms with Gasteiger partial charge in [-0.25, -0.2) is 0 Å². The molecule has 2 rings (SSSR count). The second-order valence-corrected chi connectivity index (χ2v) is 5.09. The fraction of sp³-hybridized carbons (Fsp3) is 0.235. The molecule has 0 aromatic heterocycles. The summed E-state index contributed by atoms with van der Waals surface area (Å²) >= 11 is 0. The van der Waals surface area contributed by atoms with Crippen LogP contribution in [0.25, 0.3) is 0 Å². The number of anilines is 3. The van der Waals surface area contributed by atoms with Crippen molar-refractivity contribution in [1.82, 2.24) is 5.32 Å². The molecule has 21 heavy (non-hydrogen) atoms. The number of aryl methyl sites for hydroxylation is 2. The summed E-state index contributed by atoms with van der Waals surface area (Å²) < 4.78 is 0. The molecule has 4 nitrogen and oxygen atoms in total. The van der Waals surface area contributed by atoms with Crippen LogP contribution in [0.3, 0.4) is 0 Å². The maximum absolute atomic E-state index is 11.8. The van der Waals surface area contributed by atoms with Gasteiger partial charge in [0.2, 0.25) is 0 Å². The van der Waals surface area contributed by atoms with Crippen LogP contribution in [0.2, 0.25) is 0 Å². The average Bonchev–Trinajstić information content (AvgIpc) is 2.45. The summed E-state index contributed by atoms with van der Waals surface area (Å²) in [5.41, 5.74) is 11.4. The maximum atomic E-state index is 11.8. The van der Waals surface area contributed by atoms with Gasteiger partial charge in [-0.05, 0) is 62.2 Å². The van der Waals surface area contributed by atoms with Crippen LogP contribution in [0.4, 0.5) is 17.1 Å². The van der Waals surface area contributed by atoms with Crippen molar-refractivity contribution in [3.8, 4) is 0 Å². The van der Waals surface area contributed by atoms with Gasteiger partial charge in [0.05, 0.1) is 11.4 Å². The van der Waals surface area contributed by atoms with Crippen LogP contribution in [-0.4, -0.2) is 12.5 Å². The molecule has 2 aromatic carbocycles. The van der Waals surface area contributed by atoms with E-state index in [-0.39, 0.29) is 5.91 Å². The van der Waals surface area contributed by atoms with E-state index in [1.807, 2.05) is 19.1 Å². The van der Waals surface area contributed by atoms with Crippen molar-refractivity contribution in [3.05, 3.63) is 53.1 Å². The summed E-state index contributed by atoms with van der Waals surface area (Å²) in [6.07, 6.45) is 0. The second-order valence-electron chi connectivity index (χ2n) is 5.09. The minimum atomic E-state index is -0.109. The molecule has 110 valence electrons. The predicted molar refractivity (Wildman–Crippen MR) is 88.1 cm³/mol. The number of benzene rings is 2. The molecule has 4 heteroatoms. The lowest BCUT2D eigenvalue weighted by atomic mass is 10.1. The lowest BCUT2D eigenvalue weighted by Crippen LogP contribution is -2.22. The van der Waals surface area contributed by atoms with E-state index in [0.29, 0.717) is 17.8 Å². The highest BCUT2D eigenvalue weighted by Crippen LogP contribution is 2.25. The van der Waals surface area contributed by atoms with E-state index in [2.05, 4.69) is 36.6 Å². The minimum absolute atomic E-state index is 0.109. The monoisotopic (exact) mass is 283 g/mol. The Hall–Kier alpha value is -2.49. The summed E-state index contributed by atoms with van der Waals surface area (Å²) in [6.45, 7) is 6.63. The molecule has 0 saturated carbocycles. The van der Waals surface area contributed by atoms with E-state index in [9.17, 15) is 4.79 Å². The van der Waals surface area contributed by atoms with Gasteiger partial charge < -0.3 is 16.4 Å². The van der Waals surface area contributed by atoms with Crippen molar-refractivity contribution in [3.63, 3.8) is 0 Å². The first kappa shape index (κ1) is 14.9. The topological polar surface area (TPSA) is 67.2 Å². The fourth-order valence-corrected chi connectivity index (χ4v) is 2.06. The van der Waals surface area contributed by atoms with Gasteiger partial charge in [-0.1, -0.05) is 6.07 Å². The Balaban J connectivity index is 2.21. The van der Waals surface area contributed by atoms with Gasteiger partial charge in [0.1, 0.15) is 0 Å². The first-order valence-corrected chi connectivity index (χ1v) is 7.03. The molecule has 1 amide bonds. The molecule has 2 aromatic rings. The standard InChI is InChI=1S/C17H21N3O/c1-4-19-17(21)13-6-8-16(15(18)10-13)20-14-7-5-11(2)12(3)9-14/h5-10,20H,4,18H2,1-3H3,(H,19,21). The molecule has 0 aliphatic rings. The maximum Gasteiger partial charge on any atom is 0.251 e. The smallest absolute Gasteiger partial charge is 0.251 e. The molecule has 0 saturated heterocycles. The second kappa shape index (κ2) is 6.31. The summed E-state index contributed by atoms with van der Waals surface area (Å²) in [5, 5.41) is 6.04. The molecule has 0 fully saturated rings. The van der Waals surface area contributed by atoms with Gasteiger partial charge >= 0.3 is 0 Å². The van der Waals surface area contributed by atoms with Gasteiger partial charge in [0, 0.05) is 17.8 Å². The minimum Gasteiger partial charge on any atom is -0.397 e. The highest BCUT2D eigenvalue weighted by Gasteiger charge is 2.07. The van der Waals surface area contributed by atoms with Gasteiger partial charge in [0.15, 0.2) is 0 Å². The Labute approximate surface area is 125 Å². The number of hydrogen-bond donors (Lipinski definition) is 3. The van der Waals surface area contributed by atoms with Crippen LogP contribution in [0.1, 0.15) is 28.4 Å². The van der Waals surface area contributed by atoms with E-state index < -0.39 is 0 Å². The van der Waals surface area contributed by atoms with E-state index in [1.165, 1.54) is 11.1 Å². The summed E-state index contributed by atoms with van der Waals surface area (Å²) in [4.78, 5) is 11.8. The van der Waals surface area contributed by atoms with Crippen molar-refractivity contribution < 1.29 is 4.79 Å². The molecule has 0 bridgehead atoms. The molecule has 0 aliphatic heterocycles. The normalized spacial score (nSPS) is 10.2. The third-order valence-corrected chi connectivity index (χ3v) is 3.44. The number of hydrogen-bond acceptors (Lipinski definition) is 3. The zero-order valence-electron chi connectivity index (χ0n) is 12.7. The quantitative estimate of drug-likeness (QED) is 0.754. The SMILES string of the molecule is CCNC(=O)c1ccc(Nc2ccc(C)c(C)c2)c(N)c1. The third-order valence-electron chi connectivity index (χ3n) is 3.44. The van der Waals surface area contributed by atoms with E-state index in [1.54, 1.807) is 12.1 Å². The molecule has 0 aliphatic carbocycles. The Kier molecular flexibility index (Phi) is 4.48. The first-order chi connectivity index (χ1) is 10.0. The van der Waals surface area contributed by atoms with E-state index in [0.717, 1.165) is 11.4 Å². The van der Waals surface area contributed by atoms with Gasteiger partial charge in [-0.3, -0.25) is 4.79 Å². The molecular formula is C17H21N3O. The highest BCUT2D eigenvalue weighted by atomic mass is 16.1. The zero-order chi connectivity index (χ0) is 15.4. The number of nitrogens with two attached hydrogens (primary N) is 1. The number of nitrogen functional groups attached to an aromatic ring is 1. The summed E-state index contributed by atoms with van der Waals surface area (Å²) in [7, 11) is 0. The largest absolute Gasteiger partial charge is 0.397 e. The van der Waals surface area contributed by atoms with E-state index >= 15 is 0 Å². The Morgan fingerprint density at radius 2 is 1.86 bits per heavy atom. The Morgan fingerprint density at radius 3 is 2.48 bits per heavy atom. The molecule has 0 heterocycles. The lowest BCUT2D eigenvalue weighted by molar-refractivity contribution is 0.0956. The molecule has 0 spiro atoms. The zero-order valence-corrected chi connectivity index (χ0v) is 12.7. The van der Waals surface area contributed by atoms with Crippen LogP contribution in [0.15, 0.2) is 36.4 Å². The first-order valence-electron chi connectivity index (χ1n) is 7.03. The van der Waals surface area contributed by atoms with Gasteiger partial charge in [-0.15, -0.1) is 0 Å². The third kappa shape index (κ3) is 3.54. The predicted octanol–water partition coefficient (Wildman–Crippen LogP) is 3.38. The Bertz CT molecular complexity index is 665. The highest BCUT2D eigenvalue weighted by molar-refractivity contribution is 5.96. The van der Waals surface area contributed by atoms with Crippen molar-refractivity contribution in [2.24, 2.45) is 0 Å². The van der Waals surface area contributed by atoms with Gasteiger partial charge in [-0.2, -0.15) is 0 Å². The number of rotatable bonds is 4. The molecule has 0 unspecified atom stereocenters. The molecule has 4 N–H and O–H groups in total.